The number of phenols is 1. The van der Waals surface area contributed by atoms with Crippen molar-refractivity contribution in [1.29, 1.82) is 0 Å². The zero-order valence-electron chi connectivity index (χ0n) is 26.4. The zero-order valence-corrected chi connectivity index (χ0v) is 26.4. The van der Waals surface area contributed by atoms with Crippen LogP contribution in [0.5, 0.6) is 17.2 Å². The van der Waals surface area contributed by atoms with E-state index in [1.807, 2.05) is 37.3 Å². The summed E-state index contributed by atoms with van der Waals surface area (Å²) in [6.07, 6.45) is -3.40. The quantitative estimate of drug-likeness (QED) is 0.171. The fraction of sp³-hybridized carbons (Fsp3) is 0.417. The third kappa shape index (κ3) is 7.24. The van der Waals surface area contributed by atoms with Crippen molar-refractivity contribution in [3.8, 4) is 28.5 Å². The van der Waals surface area contributed by atoms with Crippen molar-refractivity contribution >= 4 is 16.9 Å². The number of likely N-dealkylation sites (tertiary alicyclic amines) is 1. The molecule has 0 saturated carbocycles. The van der Waals surface area contributed by atoms with Gasteiger partial charge in [-0.25, -0.2) is 4.79 Å². The Balaban J connectivity index is 1.24. The van der Waals surface area contributed by atoms with Crippen LogP contribution in [0.3, 0.4) is 0 Å². The topological polar surface area (TPSA) is 154 Å². The number of aromatic hydroxyl groups is 1. The van der Waals surface area contributed by atoms with Crippen LogP contribution in [0.4, 0.5) is 0 Å². The monoisotopic (exact) mass is 646 g/mol. The number of hydrogen-bond donors (Lipinski definition) is 5. The second-order valence-electron chi connectivity index (χ2n) is 12.4. The van der Waals surface area contributed by atoms with Gasteiger partial charge < -0.3 is 44.3 Å². The van der Waals surface area contributed by atoms with Gasteiger partial charge in [-0.2, -0.15) is 0 Å². The third-order valence-corrected chi connectivity index (χ3v) is 9.13. The number of carboxylic acid groups (broad SMARTS) is 1. The minimum absolute atomic E-state index is 0.161. The summed E-state index contributed by atoms with van der Waals surface area (Å²) in [5, 5.41) is 50.9. The molecule has 3 aromatic carbocycles. The maximum Gasteiger partial charge on any atom is 0.335 e. The van der Waals surface area contributed by atoms with Crippen LogP contribution < -0.4 is 9.47 Å². The fourth-order valence-electron chi connectivity index (χ4n) is 6.54. The molecule has 0 spiro atoms. The molecule has 0 aliphatic carbocycles. The van der Waals surface area contributed by atoms with Crippen LogP contribution in [-0.4, -0.2) is 97.9 Å². The van der Waals surface area contributed by atoms with E-state index in [2.05, 4.69) is 21.6 Å². The van der Waals surface area contributed by atoms with Gasteiger partial charge in [0.25, 0.3) is 0 Å². The second-order valence-corrected chi connectivity index (χ2v) is 12.4. The summed E-state index contributed by atoms with van der Waals surface area (Å²) in [7, 11) is 0. The lowest BCUT2D eigenvalue weighted by Crippen LogP contribution is -2.61. The van der Waals surface area contributed by atoms with E-state index >= 15 is 0 Å². The molecular weight excluding hydrogens is 604 g/mol. The van der Waals surface area contributed by atoms with E-state index in [4.69, 9.17) is 14.2 Å². The average Bonchev–Trinajstić information content (AvgIpc) is 3.19. The lowest BCUT2D eigenvalue weighted by Gasteiger charge is -2.38. The molecule has 5 N–H and O–H groups in total. The number of aryl methyl sites for hydroxylation is 1. The Labute approximate surface area is 273 Å². The molecule has 0 bridgehead atoms. The van der Waals surface area contributed by atoms with Crippen molar-refractivity contribution in [1.82, 2.24) is 9.47 Å². The van der Waals surface area contributed by atoms with E-state index in [9.17, 15) is 30.3 Å². The highest BCUT2D eigenvalue weighted by Gasteiger charge is 2.48. The van der Waals surface area contributed by atoms with Gasteiger partial charge in [-0.15, -0.1) is 0 Å². The Hall–Kier alpha value is -4.13. The molecular formula is C36H42N2O9. The van der Waals surface area contributed by atoms with Crippen LogP contribution in [0.25, 0.3) is 22.2 Å². The molecule has 3 unspecified atom stereocenters. The van der Waals surface area contributed by atoms with Crippen molar-refractivity contribution in [2.45, 2.75) is 69.9 Å². The van der Waals surface area contributed by atoms with Gasteiger partial charge in [-0.1, -0.05) is 25.0 Å². The predicted molar refractivity (Wildman–Crippen MR) is 175 cm³/mol. The van der Waals surface area contributed by atoms with Gasteiger partial charge >= 0.3 is 5.97 Å². The van der Waals surface area contributed by atoms with E-state index < -0.39 is 36.7 Å². The molecule has 4 aromatic rings. The average molecular weight is 647 g/mol. The number of nitrogens with zero attached hydrogens (tertiary/aromatic N) is 2. The number of fused-ring (bicyclic) bond motifs is 1. The lowest BCUT2D eigenvalue weighted by atomic mass is 9.99. The number of phenolic OH excluding ortho intramolecular Hbond substituents is 1. The van der Waals surface area contributed by atoms with Crippen LogP contribution in [-0.2, 0) is 16.1 Å². The van der Waals surface area contributed by atoms with E-state index in [1.165, 1.54) is 25.7 Å². The van der Waals surface area contributed by atoms with Crippen LogP contribution in [0, 0.1) is 6.92 Å². The number of carbonyl (C=O) groups is 1. The first-order valence-corrected chi connectivity index (χ1v) is 16.1. The Morgan fingerprint density at radius 1 is 0.872 bits per heavy atom. The molecule has 2 aliphatic rings. The SMILES string of the molecule is Cc1c(-c2ccc(O)cc2)n(Cc2ccc(OCCN3CCCCCC3)cc2)c2ccc(O[C@@H]3OC(C(=O)O)[C@@H](O)C(O)C3O)cc12. The smallest absolute Gasteiger partial charge is 0.335 e. The minimum atomic E-state index is -1.81. The number of aliphatic hydroxyl groups is 3. The summed E-state index contributed by atoms with van der Waals surface area (Å²) in [6.45, 7) is 6.38. The highest BCUT2D eigenvalue weighted by atomic mass is 16.7. The Kier molecular flexibility index (Phi) is 10.00. The Morgan fingerprint density at radius 3 is 2.23 bits per heavy atom. The van der Waals surface area contributed by atoms with Crippen molar-refractivity contribution < 1.29 is 44.5 Å². The number of rotatable bonds is 10. The molecule has 6 rings (SSSR count). The molecule has 2 fully saturated rings. The van der Waals surface area contributed by atoms with Gasteiger partial charge in [-0.3, -0.25) is 4.90 Å². The molecule has 0 amide bonds. The standard InChI is InChI=1S/C36H42N2O9/c1-22-28-20-27(46-36-33(42)31(40)32(41)34(47-36)35(43)44)14-15-29(28)38(30(22)24-8-10-25(39)11-9-24)21-23-6-12-26(13-7-23)45-19-18-37-16-4-2-3-5-17-37/h6-15,20,31-34,36,39-42H,2-5,16-19,21H2,1H3,(H,43,44)/t31?,32-,33?,34?,36+/m0/s1. The number of aliphatic carboxylic acids is 1. The largest absolute Gasteiger partial charge is 0.508 e. The van der Waals surface area contributed by atoms with Crippen LogP contribution in [0.1, 0.15) is 36.8 Å². The maximum absolute atomic E-state index is 11.6. The Morgan fingerprint density at radius 2 is 1.55 bits per heavy atom. The normalized spacial score (nSPS) is 23.8. The molecule has 3 heterocycles. The van der Waals surface area contributed by atoms with E-state index in [-0.39, 0.29) is 11.5 Å². The highest BCUT2D eigenvalue weighted by Crippen LogP contribution is 2.37. The zero-order chi connectivity index (χ0) is 33.1. The lowest BCUT2D eigenvalue weighted by molar-refractivity contribution is -0.271. The molecule has 250 valence electrons. The molecule has 11 nitrogen and oxygen atoms in total. The first kappa shape index (κ1) is 32.8. The highest BCUT2D eigenvalue weighted by molar-refractivity contribution is 5.92. The summed E-state index contributed by atoms with van der Waals surface area (Å²) in [4.78, 5) is 14.0. The summed E-state index contributed by atoms with van der Waals surface area (Å²) >= 11 is 0. The first-order chi connectivity index (χ1) is 22.7. The number of hydrogen-bond acceptors (Lipinski definition) is 9. The van der Waals surface area contributed by atoms with Gasteiger partial charge in [0.15, 0.2) is 6.10 Å². The van der Waals surface area contributed by atoms with Gasteiger partial charge in [0, 0.05) is 24.0 Å². The van der Waals surface area contributed by atoms with Gasteiger partial charge in [0.2, 0.25) is 6.29 Å². The van der Waals surface area contributed by atoms with Crippen molar-refractivity contribution in [2.75, 3.05) is 26.2 Å². The van der Waals surface area contributed by atoms with Crippen molar-refractivity contribution in [3.05, 3.63) is 77.9 Å². The number of carboxylic acids is 1. The number of aliphatic hydroxyl groups excluding tert-OH is 3. The summed E-state index contributed by atoms with van der Waals surface area (Å²) in [5.41, 5.74) is 4.75. The van der Waals surface area contributed by atoms with Gasteiger partial charge in [0.1, 0.15) is 42.2 Å². The van der Waals surface area contributed by atoms with Crippen molar-refractivity contribution in [3.63, 3.8) is 0 Å². The molecule has 11 heteroatoms. The van der Waals surface area contributed by atoms with E-state index in [0.717, 1.165) is 58.7 Å². The number of benzene rings is 3. The molecule has 2 saturated heterocycles. The van der Waals surface area contributed by atoms with Crippen molar-refractivity contribution in [2.24, 2.45) is 0 Å². The second kappa shape index (κ2) is 14.3. The molecule has 0 radical (unpaired) electrons. The van der Waals surface area contributed by atoms with E-state index in [1.54, 1.807) is 24.3 Å². The predicted octanol–water partition coefficient (Wildman–Crippen LogP) is 3.90. The number of ether oxygens (including phenoxy) is 3. The summed E-state index contributed by atoms with van der Waals surface area (Å²) in [5.74, 6) is -0.207. The fourth-order valence-corrected chi connectivity index (χ4v) is 6.54. The molecule has 1 aromatic heterocycles. The molecule has 47 heavy (non-hydrogen) atoms. The third-order valence-electron chi connectivity index (χ3n) is 9.13. The molecule has 5 atom stereocenters. The summed E-state index contributed by atoms with van der Waals surface area (Å²) in [6, 6.07) is 20.4. The Bertz CT molecular complexity index is 1660. The minimum Gasteiger partial charge on any atom is -0.508 e. The van der Waals surface area contributed by atoms with E-state index in [0.29, 0.717) is 13.2 Å². The number of aromatic nitrogens is 1. The van der Waals surface area contributed by atoms with Gasteiger partial charge in [0.05, 0.1) is 5.69 Å². The van der Waals surface area contributed by atoms with Crippen LogP contribution in [0.2, 0.25) is 0 Å². The first-order valence-electron chi connectivity index (χ1n) is 16.1. The molecule has 2 aliphatic heterocycles. The van der Waals surface area contributed by atoms with Crippen LogP contribution in [0.15, 0.2) is 66.7 Å². The van der Waals surface area contributed by atoms with Gasteiger partial charge in [-0.05, 0) is 104 Å². The summed E-state index contributed by atoms with van der Waals surface area (Å²) < 4.78 is 19.4. The van der Waals surface area contributed by atoms with Crippen LogP contribution >= 0.6 is 0 Å². The maximum atomic E-state index is 11.6.